The van der Waals surface area contributed by atoms with Gasteiger partial charge in [0.15, 0.2) is 0 Å². The van der Waals surface area contributed by atoms with Gasteiger partial charge in [0.1, 0.15) is 23.5 Å². The summed E-state index contributed by atoms with van der Waals surface area (Å²) in [7, 11) is 0. The molecule has 25 heavy (non-hydrogen) atoms. The molecule has 1 aliphatic heterocycles. The lowest BCUT2D eigenvalue weighted by Crippen LogP contribution is -2.58. The molecule has 1 saturated heterocycles. The minimum Gasteiger partial charge on any atom is -0.480 e. The Kier molecular flexibility index (Phi) is 5.10. The van der Waals surface area contributed by atoms with E-state index in [4.69, 9.17) is 4.74 Å². The molecular weight excluding hydrogens is 332 g/mol. The van der Waals surface area contributed by atoms with Crippen LogP contribution >= 0.6 is 0 Å². The van der Waals surface area contributed by atoms with Crippen molar-refractivity contribution in [3.05, 3.63) is 28.4 Å². The van der Waals surface area contributed by atoms with Crippen LogP contribution in [0.5, 0.6) is 0 Å². The van der Waals surface area contributed by atoms with E-state index in [9.17, 15) is 24.8 Å². The topological polar surface area (TPSA) is 126 Å². The van der Waals surface area contributed by atoms with Gasteiger partial charge in [0.05, 0.1) is 6.54 Å². The van der Waals surface area contributed by atoms with Crippen LogP contribution in [0.1, 0.15) is 20.8 Å². The van der Waals surface area contributed by atoms with Crippen molar-refractivity contribution in [3.8, 4) is 0 Å². The highest BCUT2D eigenvalue weighted by Gasteiger charge is 2.38. The van der Waals surface area contributed by atoms with Crippen LogP contribution in [-0.2, 0) is 9.53 Å². The highest BCUT2D eigenvalue weighted by Crippen LogP contribution is 2.29. The second-order valence-corrected chi connectivity index (χ2v) is 6.58. The van der Waals surface area contributed by atoms with E-state index in [0.717, 1.165) is 0 Å². The third-order valence-electron chi connectivity index (χ3n) is 3.57. The quantitative estimate of drug-likeness (QED) is 0.640. The van der Waals surface area contributed by atoms with Crippen molar-refractivity contribution in [1.82, 2.24) is 9.88 Å². The maximum Gasteiger partial charge on any atom is 0.410 e. The van der Waals surface area contributed by atoms with Crippen molar-refractivity contribution in [3.63, 3.8) is 0 Å². The first-order valence-electron chi connectivity index (χ1n) is 7.67. The summed E-state index contributed by atoms with van der Waals surface area (Å²) in [5.74, 6) is -1.61. The Bertz CT molecular complexity index is 687. The largest absolute Gasteiger partial charge is 0.480 e. The van der Waals surface area contributed by atoms with Crippen LogP contribution in [-0.4, -0.2) is 63.3 Å². The molecular formula is C15H20N4O6. The van der Waals surface area contributed by atoms with Gasteiger partial charge >= 0.3 is 17.9 Å². The molecule has 136 valence electrons. The first-order valence-corrected chi connectivity index (χ1v) is 7.67. The van der Waals surface area contributed by atoms with Crippen molar-refractivity contribution in [2.45, 2.75) is 32.4 Å². The van der Waals surface area contributed by atoms with Crippen LogP contribution in [0.25, 0.3) is 0 Å². The number of nitro groups is 1. The molecule has 1 aromatic heterocycles. The van der Waals surface area contributed by atoms with Gasteiger partial charge in [-0.2, -0.15) is 0 Å². The fraction of sp³-hybridized carbons (Fsp3) is 0.533. The summed E-state index contributed by atoms with van der Waals surface area (Å²) in [5.41, 5.74) is -0.585. The molecule has 1 atom stereocenters. The predicted molar refractivity (Wildman–Crippen MR) is 87.5 cm³/mol. The zero-order valence-corrected chi connectivity index (χ0v) is 14.2. The SMILES string of the molecule is CC(C)(C)OC(=O)N1CCN(c2cccnc2[N+](=O)[O-])[C@H](C(=O)O)C1. The lowest BCUT2D eigenvalue weighted by molar-refractivity contribution is -0.388. The van der Waals surface area contributed by atoms with E-state index in [0.29, 0.717) is 0 Å². The number of anilines is 1. The van der Waals surface area contributed by atoms with E-state index in [1.54, 1.807) is 20.8 Å². The Morgan fingerprint density at radius 2 is 2.08 bits per heavy atom. The van der Waals surface area contributed by atoms with E-state index in [-0.39, 0.29) is 25.3 Å². The summed E-state index contributed by atoms with van der Waals surface area (Å²) in [4.78, 5) is 40.7. The van der Waals surface area contributed by atoms with Gasteiger partial charge < -0.3 is 29.8 Å². The van der Waals surface area contributed by atoms with E-state index < -0.39 is 34.4 Å². The molecule has 0 bridgehead atoms. The minimum absolute atomic E-state index is 0.114. The van der Waals surface area contributed by atoms with Crippen molar-refractivity contribution >= 4 is 23.6 Å². The Labute approximate surface area is 144 Å². The zero-order chi connectivity index (χ0) is 18.8. The van der Waals surface area contributed by atoms with Gasteiger partial charge in [-0.3, -0.25) is 0 Å². The first-order chi connectivity index (χ1) is 11.6. The number of carbonyl (C=O) groups excluding carboxylic acids is 1. The van der Waals surface area contributed by atoms with E-state index in [1.165, 1.54) is 28.1 Å². The fourth-order valence-electron chi connectivity index (χ4n) is 2.53. The molecule has 1 aliphatic rings. The van der Waals surface area contributed by atoms with Crippen LogP contribution in [0.15, 0.2) is 18.3 Å². The molecule has 0 spiro atoms. The Morgan fingerprint density at radius 3 is 2.64 bits per heavy atom. The van der Waals surface area contributed by atoms with Crippen molar-refractivity contribution in [2.24, 2.45) is 0 Å². The molecule has 0 aliphatic carbocycles. The normalized spacial score (nSPS) is 18.0. The summed E-state index contributed by atoms with van der Waals surface area (Å²) < 4.78 is 5.26. The van der Waals surface area contributed by atoms with Crippen molar-refractivity contribution in [1.29, 1.82) is 0 Å². The summed E-state index contributed by atoms with van der Waals surface area (Å²) >= 11 is 0. The molecule has 1 fully saturated rings. The monoisotopic (exact) mass is 352 g/mol. The number of nitrogens with zero attached hydrogens (tertiary/aromatic N) is 4. The Balaban J connectivity index is 2.25. The van der Waals surface area contributed by atoms with Crippen molar-refractivity contribution < 1.29 is 24.4 Å². The molecule has 0 aromatic carbocycles. The van der Waals surface area contributed by atoms with Crippen molar-refractivity contribution in [2.75, 3.05) is 24.5 Å². The molecule has 10 nitrogen and oxygen atoms in total. The number of ether oxygens (including phenoxy) is 1. The molecule has 2 rings (SSSR count). The number of aliphatic carboxylic acids is 1. The minimum atomic E-state index is -1.19. The molecule has 10 heteroatoms. The van der Waals surface area contributed by atoms with Gasteiger partial charge in [-0.1, -0.05) is 0 Å². The highest BCUT2D eigenvalue weighted by molar-refractivity contribution is 5.81. The standard InChI is InChI=1S/C15H20N4O6/c1-15(2,3)25-14(22)17-7-8-18(11(9-17)13(20)21)10-5-4-6-16-12(10)19(23)24/h4-6,11H,7-9H2,1-3H3,(H,20,21)/t11-/m0/s1. The maximum atomic E-state index is 12.2. The summed E-state index contributed by atoms with van der Waals surface area (Å²) in [5, 5.41) is 20.7. The van der Waals surface area contributed by atoms with Crippen LogP contribution in [0.2, 0.25) is 0 Å². The van der Waals surface area contributed by atoms with Gasteiger partial charge in [-0.25, -0.2) is 9.59 Å². The predicted octanol–water partition coefficient (Wildman–Crippen LogP) is 1.50. The van der Waals surface area contributed by atoms with Crippen LogP contribution in [0.4, 0.5) is 16.3 Å². The first kappa shape index (κ1) is 18.4. The Hall–Kier alpha value is -2.91. The van der Waals surface area contributed by atoms with E-state index in [2.05, 4.69) is 4.98 Å². The molecule has 1 aromatic rings. The number of aromatic nitrogens is 1. The lowest BCUT2D eigenvalue weighted by Gasteiger charge is -2.40. The smallest absolute Gasteiger partial charge is 0.410 e. The number of hydrogen-bond donors (Lipinski definition) is 1. The highest BCUT2D eigenvalue weighted by atomic mass is 16.6. The van der Waals surface area contributed by atoms with E-state index >= 15 is 0 Å². The average Bonchev–Trinajstić information content (AvgIpc) is 2.52. The zero-order valence-electron chi connectivity index (χ0n) is 14.2. The third-order valence-corrected chi connectivity index (χ3v) is 3.57. The number of rotatable bonds is 3. The number of amides is 1. The maximum absolute atomic E-state index is 12.2. The Morgan fingerprint density at radius 1 is 1.40 bits per heavy atom. The number of piperazine rings is 1. The number of carbonyl (C=O) groups is 2. The molecule has 2 heterocycles. The van der Waals surface area contributed by atoms with Gasteiger partial charge in [-0.05, 0) is 42.8 Å². The average molecular weight is 352 g/mol. The molecule has 0 radical (unpaired) electrons. The number of carboxylic acid groups (broad SMARTS) is 1. The van der Waals surface area contributed by atoms with E-state index in [1.807, 2.05) is 0 Å². The number of pyridine rings is 1. The number of hydrogen-bond acceptors (Lipinski definition) is 7. The molecule has 1 N–H and O–H groups in total. The molecule has 0 saturated carbocycles. The third kappa shape index (κ3) is 4.34. The molecule has 1 amide bonds. The summed E-state index contributed by atoms with van der Waals surface area (Å²) in [6.07, 6.45) is 0.660. The second kappa shape index (κ2) is 6.91. The second-order valence-electron chi connectivity index (χ2n) is 6.58. The van der Waals surface area contributed by atoms with Gasteiger partial charge in [0, 0.05) is 13.1 Å². The molecule has 0 unspecified atom stereocenters. The summed E-state index contributed by atoms with van der Waals surface area (Å²) in [6.45, 7) is 5.31. The van der Waals surface area contributed by atoms with Gasteiger partial charge in [-0.15, -0.1) is 0 Å². The van der Waals surface area contributed by atoms with Crippen LogP contribution in [0, 0.1) is 10.1 Å². The lowest BCUT2D eigenvalue weighted by atomic mass is 10.1. The summed E-state index contributed by atoms with van der Waals surface area (Å²) in [6, 6.07) is 1.82. The number of carboxylic acids is 1. The van der Waals surface area contributed by atoms with Crippen LogP contribution < -0.4 is 4.90 Å². The van der Waals surface area contributed by atoms with Gasteiger partial charge in [0.2, 0.25) is 0 Å². The van der Waals surface area contributed by atoms with Gasteiger partial charge in [0.25, 0.3) is 0 Å². The van der Waals surface area contributed by atoms with Crippen LogP contribution in [0.3, 0.4) is 0 Å². The fourth-order valence-corrected chi connectivity index (χ4v) is 2.53.